The monoisotopic (exact) mass is 313 g/mol. The van der Waals surface area contributed by atoms with Crippen molar-refractivity contribution in [3.05, 3.63) is 59.7 Å². The minimum Gasteiger partial charge on any atom is -0.507 e. The predicted octanol–water partition coefficient (Wildman–Crippen LogP) is 2.59. The average Bonchev–Trinajstić information content (AvgIpc) is 2.51. The number of phenolic OH excluding ortho intramolecular Hbond substituents is 1. The number of carbonyl (C=O) groups excluding carboxylic acids is 1. The van der Waals surface area contributed by atoms with Crippen LogP contribution < -0.4 is 10.7 Å². The lowest BCUT2D eigenvalue weighted by Crippen LogP contribution is -2.30. The molecule has 2 rings (SSSR count). The number of hydrogen-bond donors (Lipinski definition) is 3. The maximum absolute atomic E-state index is 11.9. The highest BCUT2D eigenvalue weighted by molar-refractivity contribution is 7.82. The summed E-state index contributed by atoms with van der Waals surface area (Å²) in [5, 5.41) is 16.1. The van der Waals surface area contributed by atoms with E-state index < -0.39 is 5.91 Å². The third-order valence-electron chi connectivity index (χ3n) is 2.91. The smallest absolute Gasteiger partial charge is 0.284 e. The number of hydrogen-bond acceptors (Lipinski definition) is 4. The summed E-state index contributed by atoms with van der Waals surface area (Å²) in [4.78, 5) is 11.9. The van der Waals surface area contributed by atoms with Crippen LogP contribution in [0, 0.1) is 6.92 Å². The van der Waals surface area contributed by atoms with Gasteiger partial charge in [0.1, 0.15) is 5.75 Å². The quantitative estimate of drug-likeness (QED) is 0.462. The number of rotatable bonds is 3. The van der Waals surface area contributed by atoms with Gasteiger partial charge in [-0.05, 0) is 30.7 Å². The molecule has 0 aliphatic rings. The molecule has 5 nitrogen and oxygen atoms in total. The van der Waals surface area contributed by atoms with Gasteiger partial charge in [-0.25, -0.2) is 0 Å². The second-order valence-corrected chi connectivity index (χ2v) is 4.94. The Balaban J connectivity index is 1.94. The molecule has 2 aromatic carbocycles. The summed E-state index contributed by atoms with van der Waals surface area (Å²) in [6.45, 7) is 1.89. The normalized spacial score (nSPS) is 10.4. The number of phenols is 1. The van der Waals surface area contributed by atoms with Crippen molar-refractivity contribution in [3.8, 4) is 5.75 Å². The molecule has 1 amide bonds. The lowest BCUT2D eigenvalue weighted by atomic mass is 10.2. The Morgan fingerprint density at radius 3 is 2.59 bits per heavy atom. The van der Waals surface area contributed by atoms with Gasteiger partial charge in [-0.2, -0.15) is 5.10 Å². The van der Waals surface area contributed by atoms with E-state index in [0.717, 1.165) is 5.56 Å². The molecule has 0 saturated carbocycles. The first-order valence-electron chi connectivity index (χ1n) is 6.56. The SMILES string of the molecule is Cc1ccccc1NC(=O)C(=S)NN=Cc1ccccc1O. The molecule has 0 bridgehead atoms. The van der Waals surface area contributed by atoms with Gasteiger partial charge in [0.05, 0.1) is 6.21 Å². The Morgan fingerprint density at radius 2 is 1.86 bits per heavy atom. The van der Waals surface area contributed by atoms with Crippen LogP contribution in [0.15, 0.2) is 53.6 Å². The number of amides is 1. The molecule has 6 heteroatoms. The first kappa shape index (κ1) is 15.7. The molecule has 0 aliphatic heterocycles. The molecule has 2 aromatic rings. The van der Waals surface area contributed by atoms with Crippen molar-refractivity contribution in [3.63, 3.8) is 0 Å². The molecule has 0 spiro atoms. The third-order valence-corrected chi connectivity index (χ3v) is 3.18. The Kier molecular flexibility index (Phi) is 5.21. The maximum atomic E-state index is 11.9. The number of benzene rings is 2. The van der Waals surface area contributed by atoms with Crippen LogP contribution in [-0.4, -0.2) is 22.2 Å². The number of thiocarbonyl (C=S) groups is 1. The van der Waals surface area contributed by atoms with Crippen molar-refractivity contribution in [2.45, 2.75) is 6.92 Å². The lowest BCUT2D eigenvalue weighted by Gasteiger charge is -2.08. The number of hydrazone groups is 1. The van der Waals surface area contributed by atoms with Crippen molar-refractivity contribution >= 4 is 35.0 Å². The van der Waals surface area contributed by atoms with E-state index in [4.69, 9.17) is 12.2 Å². The molecule has 0 aromatic heterocycles. The van der Waals surface area contributed by atoms with E-state index in [9.17, 15) is 9.90 Å². The van der Waals surface area contributed by atoms with Crippen LogP contribution in [0.5, 0.6) is 5.75 Å². The van der Waals surface area contributed by atoms with Gasteiger partial charge in [-0.15, -0.1) is 0 Å². The number of carbonyl (C=O) groups is 1. The summed E-state index contributed by atoms with van der Waals surface area (Å²) in [5.41, 5.74) is 4.64. The fourth-order valence-electron chi connectivity index (χ4n) is 1.70. The molecule has 0 heterocycles. The van der Waals surface area contributed by atoms with Crippen LogP contribution in [0.25, 0.3) is 0 Å². The predicted molar refractivity (Wildman–Crippen MR) is 91.2 cm³/mol. The first-order valence-corrected chi connectivity index (χ1v) is 6.97. The van der Waals surface area contributed by atoms with Crippen molar-refractivity contribution in [1.29, 1.82) is 0 Å². The molecule has 22 heavy (non-hydrogen) atoms. The van der Waals surface area contributed by atoms with Gasteiger partial charge in [0.2, 0.25) is 0 Å². The minimum atomic E-state index is -0.446. The Labute approximate surface area is 133 Å². The van der Waals surface area contributed by atoms with Crippen LogP contribution in [-0.2, 0) is 4.79 Å². The maximum Gasteiger partial charge on any atom is 0.284 e. The molecule has 0 saturated heterocycles. The van der Waals surface area contributed by atoms with E-state index in [1.165, 1.54) is 6.21 Å². The van der Waals surface area contributed by atoms with E-state index in [0.29, 0.717) is 11.3 Å². The van der Waals surface area contributed by atoms with E-state index in [1.807, 2.05) is 25.1 Å². The number of anilines is 1. The van der Waals surface area contributed by atoms with Crippen molar-refractivity contribution in [1.82, 2.24) is 5.43 Å². The van der Waals surface area contributed by atoms with Crippen molar-refractivity contribution in [2.24, 2.45) is 5.10 Å². The van der Waals surface area contributed by atoms with Gasteiger partial charge in [-0.1, -0.05) is 42.5 Å². The van der Waals surface area contributed by atoms with Gasteiger partial charge >= 0.3 is 0 Å². The zero-order chi connectivity index (χ0) is 15.9. The summed E-state index contributed by atoms with van der Waals surface area (Å²) in [6.07, 6.45) is 1.39. The summed E-state index contributed by atoms with van der Waals surface area (Å²) in [6, 6.07) is 14.1. The second-order valence-electron chi connectivity index (χ2n) is 4.53. The second kappa shape index (κ2) is 7.33. The molecular formula is C16H15N3O2S. The van der Waals surface area contributed by atoms with Crippen LogP contribution in [0.2, 0.25) is 0 Å². The van der Waals surface area contributed by atoms with Crippen LogP contribution >= 0.6 is 12.2 Å². The first-order chi connectivity index (χ1) is 10.6. The summed E-state index contributed by atoms with van der Waals surface area (Å²) in [5.74, 6) is -0.345. The van der Waals surface area contributed by atoms with Crippen molar-refractivity contribution in [2.75, 3.05) is 5.32 Å². The number of aryl methyl sites for hydroxylation is 1. The van der Waals surface area contributed by atoms with Crippen LogP contribution in [0.1, 0.15) is 11.1 Å². The standard InChI is InChI=1S/C16H15N3O2S/c1-11-6-2-4-8-13(11)18-15(21)16(22)19-17-10-12-7-3-5-9-14(12)20/h2-10,20H,1H3,(H,18,21)(H,19,22). The van der Waals surface area contributed by atoms with Gasteiger partial charge in [0.15, 0.2) is 4.99 Å². The lowest BCUT2D eigenvalue weighted by molar-refractivity contribution is -0.110. The fraction of sp³-hybridized carbons (Fsp3) is 0.0625. The topological polar surface area (TPSA) is 73.7 Å². The summed E-state index contributed by atoms with van der Waals surface area (Å²) >= 11 is 4.97. The molecule has 3 N–H and O–H groups in total. The Bertz CT molecular complexity index is 729. The number of aromatic hydroxyl groups is 1. The zero-order valence-electron chi connectivity index (χ0n) is 11.9. The molecule has 0 radical (unpaired) electrons. The van der Waals surface area contributed by atoms with E-state index in [-0.39, 0.29) is 10.7 Å². The highest BCUT2D eigenvalue weighted by Gasteiger charge is 2.09. The van der Waals surface area contributed by atoms with Gasteiger partial charge < -0.3 is 10.4 Å². The molecule has 0 atom stereocenters. The Morgan fingerprint density at radius 1 is 1.18 bits per heavy atom. The number of nitrogens with one attached hydrogen (secondary N) is 2. The third kappa shape index (κ3) is 4.13. The summed E-state index contributed by atoms with van der Waals surface area (Å²) < 4.78 is 0. The van der Waals surface area contributed by atoms with E-state index >= 15 is 0 Å². The largest absolute Gasteiger partial charge is 0.507 e. The van der Waals surface area contributed by atoms with Crippen molar-refractivity contribution < 1.29 is 9.90 Å². The fourth-order valence-corrected chi connectivity index (χ4v) is 1.80. The molecular weight excluding hydrogens is 298 g/mol. The molecule has 0 aliphatic carbocycles. The summed E-state index contributed by atoms with van der Waals surface area (Å²) in [7, 11) is 0. The number of nitrogens with zero attached hydrogens (tertiary/aromatic N) is 1. The van der Waals surface area contributed by atoms with Crippen LogP contribution in [0.4, 0.5) is 5.69 Å². The molecule has 0 fully saturated rings. The highest BCUT2D eigenvalue weighted by Crippen LogP contribution is 2.13. The Hall–Kier alpha value is -2.73. The minimum absolute atomic E-state index is 0.0603. The van der Waals surface area contributed by atoms with Gasteiger partial charge in [0, 0.05) is 11.3 Å². The van der Waals surface area contributed by atoms with Gasteiger partial charge in [-0.3, -0.25) is 10.2 Å². The van der Waals surface area contributed by atoms with Gasteiger partial charge in [0.25, 0.3) is 5.91 Å². The zero-order valence-corrected chi connectivity index (χ0v) is 12.7. The van der Waals surface area contributed by atoms with E-state index in [2.05, 4.69) is 15.8 Å². The molecule has 112 valence electrons. The molecule has 0 unspecified atom stereocenters. The van der Waals surface area contributed by atoms with E-state index in [1.54, 1.807) is 30.3 Å². The number of para-hydroxylation sites is 2. The highest BCUT2D eigenvalue weighted by atomic mass is 32.1. The van der Waals surface area contributed by atoms with Crippen LogP contribution in [0.3, 0.4) is 0 Å². The average molecular weight is 313 g/mol.